The molecule has 3 heterocycles. The fourth-order valence-corrected chi connectivity index (χ4v) is 2.62. The summed E-state index contributed by atoms with van der Waals surface area (Å²) in [4.78, 5) is 13.9. The maximum Gasteiger partial charge on any atom is 0.246 e. The Labute approximate surface area is 118 Å². The van der Waals surface area contributed by atoms with Gasteiger partial charge in [0, 0.05) is 37.6 Å². The van der Waals surface area contributed by atoms with Crippen molar-refractivity contribution in [1.82, 2.24) is 4.90 Å². The molecule has 0 bridgehead atoms. The Balaban J connectivity index is 1.53. The predicted octanol–water partition coefficient (Wildman–Crippen LogP) is 2.05. The lowest BCUT2D eigenvalue weighted by Crippen LogP contribution is -2.51. The van der Waals surface area contributed by atoms with Crippen molar-refractivity contribution in [2.75, 3.05) is 26.3 Å². The number of rotatable bonds is 2. The molecule has 2 aliphatic heterocycles. The van der Waals surface area contributed by atoms with Gasteiger partial charge >= 0.3 is 0 Å². The zero-order valence-corrected chi connectivity index (χ0v) is 11.4. The van der Waals surface area contributed by atoms with Gasteiger partial charge in [-0.3, -0.25) is 4.79 Å². The minimum absolute atomic E-state index is 0.0249. The molecule has 0 saturated carbocycles. The third-order valence-corrected chi connectivity index (χ3v) is 3.82. The van der Waals surface area contributed by atoms with Gasteiger partial charge in [0.15, 0.2) is 5.79 Å². The molecule has 0 aromatic carbocycles. The molecule has 3 rings (SSSR count). The monoisotopic (exact) mass is 277 g/mol. The van der Waals surface area contributed by atoms with Crippen molar-refractivity contribution in [1.29, 1.82) is 0 Å². The van der Waals surface area contributed by atoms with Gasteiger partial charge < -0.3 is 18.8 Å². The molecule has 5 nitrogen and oxygen atoms in total. The Morgan fingerprint density at radius 2 is 2.00 bits per heavy atom. The molecule has 0 N–H and O–H groups in total. The second kappa shape index (κ2) is 5.81. The van der Waals surface area contributed by atoms with Gasteiger partial charge in [-0.15, -0.1) is 0 Å². The number of hydrogen-bond acceptors (Lipinski definition) is 4. The van der Waals surface area contributed by atoms with Crippen LogP contribution in [0.1, 0.15) is 24.8 Å². The molecule has 0 aliphatic carbocycles. The quantitative estimate of drug-likeness (QED) is 0.776. The Kier molecular flexibility index (Phi) is 3.89. The lowest BCUT2D eigenvalue weighted by molar-refractivity contribution is -0.282. The van der Waals surface area contributed by atoms with Gasteiger partial charge in [-0.1, -0.05) is 0 Å². The molecular formula is C15H19NO4. The number of ether oxygens (including phenoxy) is 2. The number of carbonyl (C=O) groups excluding carboxylic acids is 1. The Hall–Kier alpha value is -1.59. The fraction of sp³-hybridized carbons (Fsp3) is 0.533. The van der Waals surface area contributed by atoms with Crippen LogP contribution in [0.3, 0.4) is 0 Å². The molecular weight excluding hydrogens is 258 g/mol. The second-order valence-electron chi connectivity index (χ2n) is 5.18. The zero-order valence-electron chi connectivity index (χ0n) is 11.4. The SMILES string of the molecule is O=C(/C=C/c1ccoc1)N1CCC2(CC1)OCCCO2. The van der Waals surface area contributed by atoms with Crippen molar-refractivity contribution in [3.05, 3.63) is 30.2 Å². The number of hydrogen-bond donors (Lipinski definition) is 0. The van der Waals surface area contributed by atoms with Gasteiger partial charge in [0.2, 0.25) is 5.91 Å². The van der Waals surface area contributed by atoms with Crippen LogP contribution in [0.25, 0.3) is 6.08 Å². The van der Waals surface area contributed by atoms with Gasteiger partial charge in [0.05, 0.1) is 25.7 Å². The number of nitrogens with zero attached hydrogens (tertiary/aromatic N) is 1. The fourth-order valence-electron chi connectivity index (χ4n) is 2.62. The second-order valence-corrected chi connectivity index (χ2v) is 5.18. The average molecular weight is 277 g/mol. The topological polar surface area (TPSA) is 51.9 Å². The van der Waals surface area contributed by atoms with Crippen molar-refractivity contribution in [3.63, 3.8) is 0 Å². The molecule has 20 heavy (non-hydrogen) atoms. The molecule has 0 unspecified atom stereocenters. The van der Waals surface area contributed by atoms with Gasteiger partial charge in [-0.2, -0.15) is 0 Å². The molecule has 0 atom stereocenters. The van der Waals surface area contributed by atoms with Crippen LogP contribution in [0.4, 0.5) is 0 Å². The maximum atomic E-state index is 12.1. The average Bonchev–Trinajstić information content (AvgIpc) is 3.00. The van der Waals surface area contributed by atoms with E-state index in [1.807, 2.05) is 11.0 Å². The molecule has 1 amide bonds. The van der Waals surface area contributed by atoms with E-state index >= 15 is 0 Å². The van der Waals surface area contributed by atoms with Crippen molar-refractivity contribution in [3.8, 4) is 0 Å². The molecule has 1 aromatic rings. The first-order valence-electron chi connectivity index (χ1n) is 7.05. The highest BCUT2D eigenvalue weighted by Crippen LogP contribution is 2.30. The largest absolute Gasteiger partial charge is 0.472 e. The smallest absolute Gasteiger partial charge is 0.246 e. The van der Waals surface area contributed by atoms with Crippen molar-refractivity contribution in [2.24, 2.45) is 0 Å². The third kappa shape index (κ3) is 2.94. The third-order valence-electron chi connectivity index (χ3n) is 3.82. The van der Waals surface area contributed by atoms with E-state index in [0.29, 0.717) is 13.1 Å². The summed E-state index contributed by atoms with van der Waals surface area (Å²) in [6.07, 6.45) is 9.01. The van der Waals surface area contributed by atoms with Crippen LogP contribution >= 0.6 is 0 Å². The highest BCUT2D eigenvalue weighted by Gasteiger charge is 2.38. The van der Waals surface area contributed by atoms with E-state index in [-0.39, 0.29) is 5.91 Å². The molecule has 0 radical (unpaired) electrons. The van der Waals surface area contributed by atoms with Crippen LogP contribution in [0.5, 0.6) is 0 Å². The van der Waals surface area contributed by atoms with Crippen LogP contribution in [0.2, 0.25) is 0 Å². The minimum atomic E-state index is -0.441. The molecule has 1 aromatic heterocycles. The van der Waals surface area contributed by atoms with Crippen molar-refractivity contribution >= 4 is 12.0 Å². The van der Waals surface area contributed by atoms with Gasteiger partial charge in [-0.05, 0) is 18.6 Å². The van der Waals surface area contributed by atoms with E-state index in [0.717, 1.165) is 38.0 Å². The van der Waals surface area contributed by atoms with E-state index in [1.54, 1.807) is 24.7 Å². The Morgan fingerprint density at radius 3 is 2.65 bits per heavy atom. The van der Waals surface area contributed by atoms with Gasteiger partial charge in [0.25, 0.3) is 0 Å². The molecule has 5 heteroatoms. The zero-order chi connectivity index (χ0) is 13.8. The Bertz CT molecular complexity index is 464. The molecule has 1 spiro atoms. The van der Waals surface area contributed by atoms with E-state index in [4.69, 9.17) is 13.9 Å². The number of furan rings is 1. The summed E-state index contributed by atoms with van der Waals surface area (Å²) in [6, 6.07) is 1.82. The molecule has 2 saturated heterocycles. The minimum Gasteiger partial charge on any atom is -0.472 e. The summed E-state index contributed by atoms with van der Waals surface area (Å²) in [6.45, 7) is 2.87. The van der Waals surface area contributed by atoms with Crippen molar-refractivity contribution in [2.45, 2.75) is 25.0 Å². The number of carbonyl (C=O) groups is 1. The normalized spacial score (nSPS) is 22.5. The number of likely N-dealkylation sites (tertiary alicyclic amines) is 1. The van der Waals surface area contributed by atoms with Crippen LogP contribution in [-0.4, -0.2) is 42.9 Å². The molecule has 2 fully saturated rings. The maximum absolute atomic E-state index is 12.1. The standard InChI is InChI=1S/C15H19NO4/c17-14(3-2-13-4-11-18-12-13)16-7-5-15(6-8-16)19-9-1-10-20-15/h2-4,11-12H,1,5-10H2/b3-2+. The van der Waals surface area contributed by atoms with Crippen molar-refractivity contribution < 1.29 is 18.7 Å². The van der Waals surface area contributed by atoms with E-state index < -0.39 is 5.79 Å². The lowest BCUT2D eigenvalue weighted by atomic mass is 10.0. The first kappa shape index (κ1) is 13.4. The van der Waals surface area contributed by atoms with Crippen LogP contribution in [-0.2, 0) is 14.3 Å². The summed E-state index contributed by atoms with van der Waals surface area (Å²) in [5, 5.41) is 0. The van der Waals surface area contributed by atoms with Crippen LogP contribution in [0.15, 0.2) is 29.1 Å². The van der Waals surface area contributed by atoms with Gasteiger partial charge in [0.1, 0.15) is 0 Å². The highest BCUT2D eigenvalue weighted by molar-refractivity contribution is 5.91. The first-order chi connectivity index (χ1) is 9.77. The van der Waals surface area contributed by atoms with Gasteiger partial charge in [-0.25, -0.2) is 0 Å². The first-order valence-corrected chi connectivity index (χ1v) is 7.05. The highest BCUT2D eigenvalue weighted by atomic mass is 16.7. The number of piperidine rings is 1. The number of amides is 1. The Morgan fingerprint density at radius 1 is 1.25 bits per heavy atom. The van der Waals surface area contributed by atoms with Crippen LogP contribution in [0, 0.1) is 0 Å². The lowest BCUT2D eigenvalue weighted by Gasteiger charge is -2.43. The van der Waals surface area contributed by atoms with E-state index in [2.05, 4.69) is 0 Å². The summed E-state index contributed by atoms with van der Waals surface area (Å²) in [5.74, 6) is -0.416. The van der Waals surface area contributed by atoms with E-state index in [1.165, 1.54) is 0 Å². The predicted molar refractivity (Wildman–Crippen MR) is 72.8 cm³/mol. The summed E-state index contributed by atoms with van der Waals surface area (Å²) in [7, 11) is 0. The molecule has 108 valence electrons. The van der Waals surface area contributed by atoms with Crippen LogP contribution < -0.4 is 0 Å². The summed E-state index contributed by atoms with van der Waals surface area (Å²) >= 11 is 0. The molecule has 2 aliphatic rings. The summed E-state index contributed by atoms with van der Waals surface area (Å²) in [5.41, 5.74) is 0.894. The summed E-state index contributed by atoms with van der Waals surface area (Å²) < 4.78 is 16.5. The van der Waals surface area contributed by atoms with E-state index in [9.17, 15) is 4.79 Å².